The summed E-state index contributed by atoms with van der Waals surface area (Å²) in [6, 6.07) is 11.6. The number of ketones is 1. The zero-order chi connectivity index (χ0) is 16.1. The van der Waals surface area contributed by atoms with Gasteiger partial charge in [0.25, 0.3) is 0 Å². The van der Waals surface area contributed by atoms with Crippen LogP contribution >= 0.6 is 22.6 Å². The average Bonchev–Trinajstić information content (AvgIpc) is 2.53. The van der Waals surface area contributed by atoms with Crippen molar-refractivity contribution in [1.82, 2.24) is 0 Å². The number of halogens is 1. The second kappa shape index (κ2) is 7.26. The van der Waals surface area contributed by atoms with Crippen molar-refractivity contribution in [3.05, 3.63) is 57.2 Å². The van der Waals surface area contributed by atoms with Gasteiger partial charge < -0.3 is 15.2 Å². The number of rotatable bonds is 6. The summed E-state index contributed by atoms with van der Waals surface area (Å²) in [6.07, 6.45) is 0. The van der Waals surface area contributed by atoms with Crippen molar-refractivity contribution in [2.24, 2.45) is 5.73 Å². The van der Waals surface area contributed by atoms with Crippen LogP contribution in [-0.4, -0.2) is 25.4 Å². The van der Waals surface area contributed by atoms with E-state index in [1.807, 2.05) is 0 Å². The number of nitrogens with two attached hydrogens (primary N) is 1. The fraction of sp³-hybridized carbons (Fsp3) is 0.125. The maximum absolute atomic E-state index is 12.1. The minimum atomic E-state index is -0.539. The summed E-state index contributed by atoms with van der Waals surface area (Å²) >= 11 is 2.07. The molecule has 0 unspecified atom stereocenters. The molecule has 6 heteroatoms. The molecule has 0 heterocycles. The van der Waals surface area contributed by atoms with Gasteiger partial charge in [0, 0.05) is 11.1 Å². The summed E-state index contributed by atoms with van der Waals surface area (Å²) < 4.78 is 11.3. The number of Topliss-reactive ketones (excluding diaryl/α,β-unsaturated/α-hetero) is 1. The smallest absolute Gasteiger partial charge is 0.248 e. The van der Waals surface area contributed by atoms with E-state index in [9.17, 15) is 9.59 Å². The molecule has 114 valence electrons. The monoisotopic (exact) mass is 411 g/mol. The number of carbonyl (C=O) groups is 2. The van der Waals surface area contributed by atoms with Crippen LogP contribution in [0.25, 0.3) is 0 Å². The Kier molecular flexibility index (Phi) is 5.37. The zero-order valence-electron chi connectivity index (χ0n) is 11.8. The molecule has 0 aromatic heterocycles. The van der Waals surface area contributed by atoms with E-state index < -0.39 is 5.91 Å². The molecule has 0 aliphatic rings. The lowest BCUT2D eigenvalue weighted by Gasteiger charge is -2.09. The average molecular weight is 411 g/mol. The zero-order valence-corrected chi connectivity index (χ0v) is 14.0. The highest BCUT2D eigenvalue weighted by Crippen LogP contribution is 2.22. The van der Waals surface area contributed by atoms with Crippen LogP contribution in [0.3, 0.4) is 0 Å². The normalized spacial score (nSPS) is 10.1. The van der Waals surface area contributed by atoms with Gasteiger partial charge in [-0.05, 0) is 65.1 Å². The molecule has 0 saturated carbocycles. The quantitative estimate of drug-likeness (QED) is 0.586. The maximum atomic E-state index is 12.1. The van der Waals surface area contributed by atoms with Crippen molar-refractivity contribution in [3.63, 3.8) is 0 Å². The third kappa shape index (κ3) is 3.97. The molecule has 22 heavy (non-hydrogen) atoms. The second-order valence-electron chi connectivity index (χ2n) is 4.45. The van der Waals surface area contributed by atoms with E-state index in [1.165, 1.54) is 6.07 Å². The van der Waals surface area contributed by atoms with Crippen LogP contribution in [0, 0.1) is 3.57 Å². The van der Waals surface area contributed by atoms with E-state index in [0.29, 0.717) is 22.6 Å². The van der Waals surface area contributed by atoms with E-state index in [2.05, 4.69) is 22.6 Å². The van der Waals surface area contributed by atoms with Gasteiger partial charge in [-0.15, -0.1) is 0 Å². The number of amides is 1. The van der Waals surface area contributed by atoms with Crippen molar-refractivity contribution in [2.45, 2.75) is 0 Å². The Morgan fingerprint density at radius 3 is 2.32 bits per heavy atom. The molecule has 0 radical (unpaired) electrons. The van der Waals surface area contributed by atoms with Gasteiger partial charge in [0.2, 0.25) is 5.91 Å². The predicted octanol–water partition coefficient (Wildman–Crippen LogP) is 2.66. The lowest BCUT2D eigenvalue weighted by Crippen LogP contribution is -2.14. The van der Waals surface area contributed by atoms with Crippen molar-refractivity contribution >= 4 is 34.3 Å². The highest BCUT2D eigenvalue weighted by Gasteiger charge is 2.10. The molecule has 5 nitrogen and oxygen atoms in total. The van der Waals surface area contributed by atoms with Crippen LogP contribution in [0.15, 0.2) is 42.5 Å². The standard InChI is InChI=1S/C16H14INO4/c1-21-12-5-2-10(3-6-12)14(19)9-22-15-8-11(16(18)20)4-7-13(15)17/h2-8H,9H2,1H3,(H2,18,20). The van der Waals surface area contributed by atoms with Crippen molar-refractivity contribution in [1.29, 1.82) is 0 Å². The van der Waals surface area contributed by atoms with Gasteiger partial charge in [0.15, 0.2) is 12.4 Å². The molecule has 0 atom stereocenters. The molecule has 0 fully saturated rings. The summed E-state index contributed by atoms with van der Waals surface area (Å²) in [5.41, 5.74) is 6.10. The third-order valence-corrected chi connectivity index (χ3v) is 3.88. The molecule has 0 bridgehead atoms. The number of hydrogen-bond acceptors (Lipinski definition) is 4. The van der Waals surface area contributed by atoms with Gasteiger partial charge in [0.05, 0.1) is 10.7 Å². The summed E-state index contributed by atoms with van der Waals surface area (Å²) in [6.45, 7) is -0.120. The Labute approximate surface area is 141 Å². The van der Waals surface area contributed by atoms with Crippen LogP contribution in [-0.2, 0) is 0 Å². The third-order valence-electron chi connectivity index (χ3n) is 2.99. The largest absolute Gasteiger partial charge is 0.497 e. The number of methoxy groups -OCH3 is 1. The van der Waals surface area contributed by atoms with Gasteiger partial charge in [-0.3, -0.25) is 9.59 Å². The SMILES string of the molecule is COc1ccc(C(=O)COc2cc(C(N)=O)ccc2I)cc1. The van der Waals surface area contributed by atoms with E-state index in [4.69, 9.17) is 15.2 Å². The molecule has 2 N–H and O–H groups in total. The molecular formula is C16H14INO4. The number of hydrogen-bond donors (Lipinski definition) is 1. The molecule has 0 aliphatic heterocycles. The first-order chi connectivity index (χ1) is 10.5. The molecule has 2 aromatic rings. The van der Waals surface area contributed by atoms with E-state index in [1.54, 1.807) is 43.5 Å². The lowest BCUT2D eigenvalue weighted by atomic mass is 10.1. The molecule has 2 aromatic carbocycles. The molecular weight excluding hydrogens is 397 g/mol. The Balaban J connectivity index is 2.07. The first-order valence-electron chi connectivity index (χ1n) is 6.40. The van der Waals surface area contributed by atoms with Crippen LogP contribution in [0.2, 0.25) is 0 Å². The van der Waals surface area contributed by atoms with Crippen molar-refractivity contribution in [2.75, 3.05) is 13.7 Å². The number of primary amides is 1. The van der Waals surface area contributed by atoms with Gasteiger partial charge in [-0.2, -0.15) is 0 Å². The first-order valence-corrected chi connectivity index (χ1v) is 7.48. The highest BCUT2D eigenvalue weighted by atomic mass is 127. The van der Waals surface area contributed by atoms with E-state index in [0.717, 1.165) is 3.57 Å². The highest BCUT2D eigenvalue weighted by molar-refractivity contribution is 14.1. The summed E-state index contributed by atoms with van der Waals surface area (Å²) in [5, 5.41) is 0. The van der Waals surface area contributed by atoms with Crippen LogP contribution in [0.1, 0.15) is 20.7 Å². The first kappa shape index (κ1) is 16.3. The molecule has 2 rings (SSSR count). The number of ether oxygens (including phenoxy) is 2. The Bertz CT molecular complexity index is 698. The summed E-state index contributed by atoms with van der Waals surface area (Å²) in [7, 11) is 1.56. The number of benzene rings is 2. The van der Waals surface area contributed by atoms with Crippen LogP contribution < -0.4 is 15.2 Å². The van der Waals surface area contributed by atoms with Gasteiger partial charge in [-0.25, -0.2) is 0 Å². The van der Waals surface area contributed by atoms with Gasteiger partial charge in [-0.1, -0.05) is 0 Å². The topological polar surface area (TPSA) is 78.6 Å². The molecule has 0 spiro atoms. The fourth-order valence-corrected chi connectivity index (χ4v) is 2.26. The predicted molar refractivity (Wildman–Crippen MR) is 90.5 cm³/mol. The number of carbonyl (C=O) groups excluding carboxylic acids is 2. The molecule has 1 amide bonds. The van der Waals surface area contributed by atoms with Gasteiger partial charge in [0.1, 0.15) is 11.5 Å². The van der Waals surface area contributed by atoms with Crippen LogP contribution in [0.5, 0.6) is 11.5 Å². The minimum absolute atomic E-state index is 0.120. The fourth-order valence-electron chi connectivity index (χ4n) is 1.77. The van der Waals surface area contributed by atoms with Gasteiger partial charge >= 0.3 is 0 Å². The molecule has 0 saturated heterocycles. The molecule has 0 aliphatic carbocycles. The lowest BCUT2D eigenvalue weighted by molar-refractivity contribution is 0.0921. The second-order valence-corrected chi connectivity index (χ2v) is 5.61. The maximum Gasteiger partial charge on any atom is 0.248 e. The summed E-state index contributed by atoms with van der Waals surface area (Å²) in [5.74, 6) is 0.436. The Morgan fingerprint density at radius 1 is 1.09 bits per heavy atom. The van der Waals surface area contributed by atoms with Crippen LogP contribution in [0.4, 0.5) is 0 Å². The van der Waals surface area contributed by atoms with Crippen molar-refractivity contribution < 1.29 is 19.1 Å². The van der Waals surface area contributed by atoms with E-state index >= 15 is 0 Å². The summed E-state index contributed by atoms with van der Waals surface area (Å²) in [4.78, 5) is 23.3. The minimum Gasteiger partial charge on any atom is -0.497 e. The van der Waals surface area contributed by atoms with Crippen molar-refractivity contribution in [3.8, 4) is 11.5 Å². The Morgan fingerprint density at radius 2 is 1.73 bits per heavy atom. The Hall–Kier alpha value is -2.09. The van der Waals surface area contributed by atoms with E-state index in [-0.39, 0.29) is 12.4 Å².